The van der Waals surface area contributed by atoms with Crippen LogP contribution in [0.15, 0.2) is 18.2 Å². The first-order valence-corrected chi connectivity index (χ1v) is 8.54. The highest BCUT2D eigenvalue weighted by Gasteiger charge is 2.21. The number of hydrogen-bond acceptors (Lipinski definition) is 4. The highest BCUT2D eigenvalue weighted by molar-refractivity contribution is 7.99. The summed E-state index contributed by atoms with van der Waals surface area (Å²) in [5.74, 6) is 3.52. The Bertz CT molecular complexity index is 466. The lowest BCUT2D eigenvalue weighted by Gasteiger charge is -2.27. The highest BCUT2D eigenvalue weighted by atomic mass is 32.2. The van der Waals surface area contributed by atoms with Crippen molar-refractivity contribution in [3.8, 4) is 11.5 Å². The first-order valence-electron chi connectivity index (χ1n) is 7.49. The Balaban J connectivity index is 1.55. The second-order valence-corrected chi connectivity index (χ2v) is 7.28. The maximum Gasteiger partial charge on any atom is 0.231 e. The Labute approximate surface area is 125 Å². The number of ether oxygens (including phenoxy) is 2. The van der Waals surface area contributed by atoms with Gasteiger partial charge in [0.05, 0.1) is 0 Å². The molecule has 20 heavy (non-hydrogen) atoms. The van der Waals surface area contributed by atoms with Gasteiger partial charge in [0.25, 0.3) is 0 Å². The van der Waals surface area contributed by atoms with Gasteiger partial charge < -0.3 is 15.2 Å². The average Bonchev–Trinajstić information content (AvgIpc) is 2.92. The van der Waals surface area contributed by atoms with Crippen LogP contribution in [0.3, 0.4) is 0 Å². The van der Waals surface area contributed by atoms with Gasteiger partial charge in [-0.15, -0.1) is 0 Å². The Morgan fingerprint density at radius 3 is 3.00 bits per heavy atom. The number of nitrogens with two attached hydrogens (primary N) is 1. The van der Waals surface area contributed by atoms with Gasteiger partial charge in [-0.25, -0.2) is 0 Å². The first kappa shape index (κ1) is 14.1. The van der Waals surface area contributed by atoms with Crippen LogP contribution in [0.2, 0.25) is 0 Å². The van der Waals surface area contributed by atoms with Crippen molar-refractivity contribution in [2.75, 3.05) is 12.5 Å². The van der Waals surface area contributed by atoms with E-state index in [0.717, 1.165) is 34.0 Å². The van der Waals surface area contributed by atoms with Crippen molar-refractivity contribution < 1.29 is 9.47 Å². The maximum absolute atomic E-state index is 6.32. The fourth-order valence-corrected chi connectivity index (χ4v) is 4.48. The number of benzene rings is 1. The minimum atomic E-state index is 0.0757. The molecule has 1 aromatic carbocycles. The topological polar surface area (TPSA) is 44.5 Å². The highest BCUT2D eigenvalue weighted by Crippen LogP contribution is 2.36. The van der Waals surface area contributed by atoms with E-state index in [1.807, 2.05) is 23.9 Å². The van der Waals surface area contributed by atoms with Crippen molar-refractivity contribution in [1.82, 2.24) is 0 Å². The molecule has 0 bridgehead atoms. The van der Waals surface area contributed by atoms with Crippen LogP contribution in [0.1, 0.15) is 44.2 Å². The van der Waals surface area contributed by atoms with Gasteiger partial charge in [0.2, 0.25) is 6.79 Å². The minimum Gasteiger partial charge on any atom is -0.454 e. The molecule has 0 spiro atoms. The summed E-state index contributed by atoms with van der Waals surface area (Å²) in [5, 5.41) is 0.791. The molecule has 4 heteroatoms. The van der Waals surface area contributed by atoms with E-state index in [1.54, 1.807) is 0 Å². The van der Waals surface area contributed by atoms with E-state index >= 15 is 0 Å². The zero-order chi connectivity index (χ0) is 13.9. The Kier molecular flexibility index (Phi) is 4.41. The van der Waals surface area contributed by atoms with E-state index in [0.29, 0.717) is 6.79 Å². The monoisotopic (exact) mass is 293 g/mol. The molecular formula is C16H23NO2S. The van der Waals surface area contributed by atoms with Gasteiger partial charge in [0, 0.05) is 17.0 Å². The van der Waals surface area contributed by atoms with Crippen LogP contribution in [-0.2, 0) is 0 Å². The molecule has 1 heterocycles. The van der Waals surface area contributed by atoms with E-state index in [2.05, 4.69) is 13.0 Å². The Morgan fingerprint density at radius 1 is 1.30 bits per heavy atom. The third kappa shape index (κ3) is 3.23. The molecule has 1 fully saturated rings. The number of rotatable bonds is 4. The van der Waals surface area contributed by atoms with Crippen LogP contribution < -0.4 is 15.2 Å². The van der Waals surface area contributed by atoms with Gasteiger partial charge in [-0.1, -0.05) is 25.8 Å². The van der Waals surface area contributed by atoms with Crippen LogP contribution in [0, 0.1) is 5.92 Å². The lowest BCUT2D eigenvalue weighted by Crippen LogP contribution is -2.19. The molecule has 2 N–H and O–H groups in total. The fraction of sp³-hybridized carbons (Fsp3) is 0.625. The van der Waals surface area contributed by atoms with Crippen LogP contribution in [0.25, 0.3) is 0 Å². The van der Waals surface area contributed by atoms with E-state index in [9.17, 15) is 0 Å². The Hall–Kier alpha value is -0.870. The van der Waals surface area contributed by atoms with Crippen molar-refractivity contribution in [3.63, 3.8) is 0 Å². The molecule has 110 valence electrons. The quantitative estimate of drug-likeness (QED) is 0.918. The van der Waals surface area contributed by atoms with Crippen molar-refractivity contribution >= 4 is 11.8 Å². The first-order chi connectivity index (χ1) is 9.72. The largest absolute Gasteiger partial charge is 0.454 e. The summed E-state index contributed by atoms with van der Waals surface area (Å²) in [6.45, 7) is 2.69. The van der Waals surface area contributed by atoms with Crippen molar-refractivity contribution in [2.24, 2.45) is 11.7 Å². The molecule has 2 aliphatic rings. The van der Waals surface area contributed by atoms with Crippen molar-refractivity contribution in [3.05, 3.63) is 23.8 Å². The zero-order valence-corrected chi connectivity index (χ0v) is 12.8. The van der Waals surface area contributed by atoms with E-state index in [1.165, 1.54) is 25.7 Å². The maximum atomic E-state index is 6.32. The summed E-state index contributed by atoms with van der Waals surface area (Å²) in [6, 6.07) is 6.12. The molecule has 3 unspecified atom stereocenters. The molecule has 1 saturated carbocycles. The molecule has 0 saturated heterocycles. The van der Waals surface area contributed by atoms with Gasteiger partial charge in [0.1, 0.15) is 0 Å². The zero-order valence-electron chi connectivity index (χ0n) is 12.0. The molecule has 0 radical (unpaired) electrons. The van der Waals surface area contributed by atoms with Gasteiger partial charge in [-0.05, 0) is 36.5 Å². The van der Waals surface area contributed by atoms with E-state index in [4.69, 9.17) is 15.2 Å². The van der Waals surface area contributed by atoms with Crippen LogP contribution >= 0.6 is 11.8 Å². The van der Waals surface area contributed by atoms with E-state index in [-0.39, 0.29) is 6.04 Å². The molecule has 0 aromatic heterocycles. The second-order valence-electron chi connectivity index (χ2n) is 5.95. The standard InChI is InChI=1S/C16H23NO2S/c1-11-3-2-4-13(7-11)20-9-14(17)12-5-6-15-16(8-12)19-10-18-15/h5-6,8,11,13-14H,2-4,7,9-10,17H2,1H3. The predicted octanol–water partition coefficient (Wildman–Crippen LogP) is 3.73. The number of fused-ring (bicyclic) bond motifs is 1. The Morgan fingerprint density at radius 2 is 2.15 bits per heavy atom. The lowest BCUT2D eigenvalue weighted by atomic mass is 9.91. The molecule has 1 aliphatic carbocycles. The fourth-order valence-electron chi connectivity index (χ4n) is 3.01. The summed E-state index contributed by atoms with van der Waals surface area (Å²) in [6.07, 6.45) is 5.46. The van der Waals surface area contributed by atoms with Gasteiger partial charge >= 0.3 is 0 Å². The lowest BCUT2D eigenvalue weighted by molar-refractivity contribution is 0.174. The van der Waals surface area contributed by atoms with Gasteiger partial charge in [0.15, 0.2) is 11.5 Å². The molecule has 3 rings (SSSR count). The van der Waals surface area contributed by atoms with Crippen molar-refractivity contribution in [1.29, 1.82) is 0 Å². The van der Waals surface area contributed by atoms with Gasteiger partial charge in [-0.2, -0.15) is 11.8 Å². The predicted molar refractivity (Wildman–Crippen MR) is 83.4 cm³/mol. The van der Waals surface area contributed by atoms with E-state index < -0.39 is 0 Å². The molecule has 0 amide bonds. The smallest absolute Gasteiger partial charge is 0.231 e. The minimum absolute atomic E-state index is 0.0757. The molecule has 3 nitrogen and oxygen atoms in total. The SMILES string of the molecule is CC1CCCC(SCC(N)c2ccc3c(c2)OCO3)C1. The normalized spacial score (nSPS) is 26.5. The van der Waals surface area contributed by atoms with Crippen molar-refractivity contribution in [2.45, 2.75) is 43.9 Å². The van der Waals surface area contributed by atoms with Crippen LogP contribution in [0.4, 0.5) is 0 Å². The molecule has 3 atom stereocenters. The van der Waals surface area contributed by atoms with Crippen LogP contribution in [-0.4, -0.2) is 17.8 Å². The summed E-state index contributed by atoms with van der Waals surface area (Å²) in [4.78, 5) is 0. The third-order valence-corrected chi connectivity index (χ3v) is 5.68. The molecule has 1 aliphatic heterocycles. The number of hydrogen-bond donors (Lipinski definition) is 1. The number of thioether (sulfide) groups is 1. The summed E-state index contributed by atoms with van der Waals surface area (Å²) >= 11 is 2.04. The third-order valence-electron chi connectivity index (χ3n) is 4.22. The molecular weight excluding hydrogens is 270 g/mol. The summed E-state index contributed by atoms with van der Waals surface area (Å²) in [5.41, 5.74) is 7.47. The molecule has 1 aromatic rings. The van der Waals surface area contributed by atoms with Crippen LogP contribution in [0.5, 0.6) is 11.5 Å². The summed E-state index contributed by atoms with van der Waals surface area (Å²) in [7, 11) is 0. The van der Waals surface area contributed by atoms with Gasteiger partial charge in [-0.3, -0.25) is 0 Å². The average molecular weight is 293 g/mol. The second kappa shape index (κ2) is 6.27. The summed E-state index contributed by atoms with van der Waals surface area (Å²) < 4.78 is 10.7.